The van der Waals surface area contributed by atoms with Gasteiger partial charge < -0.3 is 19.7 Å². The first-order valence-corrected chi connectivity index (χ1v) is 13.6. The van der Waals surface area contributed by atoms with Crippen LogP contribution in [0.15, 0.2) is 83.7 Å². The molecule has 1 aliphatic heterocycles. The summed E-state index contributed by atoms with van der Waals surface area (Å²) in [5.74, 6) is 0.836. The number of nitrogens with zero attached hydrogens (tertiary/aromatic N) is 3. The summed E-state index contributed by atoms with van der Waals surface area (Å²) in [6.07, 6.45) is 1.97. The van der Waals surface area contributed by atoms with E-state index in [1.807, 2.05) is 47.0 Å². The number of H-pyrrole nitrogens is 1. The van der Waals surface area contributed by atoms with Crippen LogP contribution in [-0.4, -0.2) is 56.8 Å². The molecule has 0 spiro atoms. The van der Waals surface area contributed by atoms with E-state index in [0.717, 1.165) is 49.3 Å². The van der Waals surface area contributed by atoms with Gasteiger partial charge in [-0.05, 0) is 67.6 Å². The number of carbonyl (C=O) groups is 1. The summed E-state index contributed by atoms with van der Waals surface area (Å²) in [4.78, 5) is 31.8. The van der Waals surface area contributed by atoms with Gasteiger partial charge in [0.25, 0.3) is 0 Å². The van der Waals surface area contributed by atoms with Crippen molar-refractivity contribution in [2.75, 3.05) is 20.2 Å². The fraction of sp³-hybridized carbons (Fsp3) is 0.355. The molecule has 0 aliphatic carbocycles. The van der Waals surface area contributed by atoms with Crippen molar-refractivity contribution in [2.24, 2.45) is 0 Å². The van der Waals surface area contributed by atoms with Crippen LogP contribution in [0.3, 0.4) is 0 Å². The van der Waals surface area contributed by atoms with Gasteiger partial charge in [0.05, 0.1) is 18.1 Å². The molecule has 0 saturated carbocycles. The lowest BCUT2D eigenvalue weighted by atomic mass is 9.93. The van der Waals surface area contributed by atoms with Gasteiger partial charge in [-0.3, -0.25) is 9.47 Å². The smallest absolute Gasteiger partial charge is 0.407 e. The molecule has 0 bridgehead atoms. The first-order valence-electron chi connectivity index (χ1n) is 13.6. The normalized spacial score (nSPS) is 17.5. The highest BCUT2D eigenvalue weighted by molar-refractivity contribution is 5.75. The average Bonchev–Trinajstić information content (AvgIpc) is 3.29. The van der Waals surface area contributed by atoms with Crippen LogP contribution < -0.4 is 10.4 Å². The quantitative estimate of drug-likeness (QED) is 0.284. The molecular formula is C31H36N4O4. The van der Waals surface area contributed by atoms with E-state index in [0.29, 0.717) is 19.4 Å². The van der Waals surface area contributed by atoms with Crippen molar-refractivity contribution in [2.45, 2.75) is 50.9 Å². The van der Waals surface area contributed by atoms with E-state index in [1.165, 1.54) is 11.1 Å². The van der Waals surface area contributed by atoms with Crippen LogP contribution in [0.5, 0.6) is 5.75 Å². The number of likely N-dealkylation sites (tertiary alicyclic amines) is 1. The summed E-state index contributed by atoms with van der Waals surface area (Å²) in [7, 11) is 1.67. The second-order valence-electron chi connectivity index (χ2n) is 10.3. The molecule has 1 fully saturated rings. The van der Waals surface area contributed by atoms with E-state index in [9.17, 15) is 14.7 Å². The number of imidazole rings is 1. The molecule has 8 heteroatoms. The number of fused-ring (bicyclic) bond motifs is 1. The largest absolute Gasteiger partial charge is 0.497 e. The Labute approximate surface area is 228 Å². The van der Waals surface area contributed by atoms with Gasteiger partial charge in [0, 0.05) is 31.7 Å². The number of nitrogens with one attached hydrogen (secondary N) is 1. The third-order valence-corrected chi connectivity index (χ3v) is 7.75. The van der Waals surface area contributed by atoms with E-state index < -0.39 is 6.09 Å². The van der Waals surface area contributed by atoms with E-state index in [-0.39, 0.29) is 17.8 Å². The van der Waals surface area contributed by atoms with E-state index in [2.05, 4.69) is 46.3 Å². The molecule has 1 amide bonds. The van der Waals surface area contributed by atoms with Crippen LogP contribution in [0, 0.1) is 0 Å². The number of piperidine rings is 1. The zero-order valence-corrected chi connectivity index (χ0v) is 22.3. The maximum absolute atomic E-state index is 12.8. The van der Waals surface area contributed by atoms with E-state index in [4.69, 9.17) is 4.74 Å². The number of methoxy groups -OCH3 is 1. The van der Waals surface area contributed by atoms with Gasteiger partial charge in [-0.1, -0.05) is 54.6 Å². The molecule has 0 radical (unpaired) electrons. The third kappa shape index (κ3) is 6.34. The Morgan fingerprint density at radius 3 is 2.41 bits per heavy atom. The van der Waals surface area contributed by atoms with Crippen molar-refractivity contribution in [3.05, 3.63) is 100 Å². The van der Waals surface area contributed by atoms with Crippen LogP contribution in [0.25, 0.3) is 11.0 Å². The molecular weight excluding hydrogens is 492 g/mol. The minimum absolute atomic E-state index is 0.0334. The number of aromatic amines is 1. The van der Waals surface area contributed by atoms with Gasteiger partial charge in [-0.15, -0.1) is 0 Å². The summed E-state index contributed by atoms with van der Waals surface area (Å²) in [5.41, 5.74) is 4.01. The Morgan fingerprint density at radius 1 is 1.00 bits per heavy atom. The van der Waals surface area contributed by atoms with Gasteiger partial charge in [-0.2, -0.15) is 0 Å². The van der Waals surface area contributed by atoms with Gasteiger partial charge in [0.15, 0.2) is 0 Å². The van der Waals surface area contributed by atoms with E-state index >= 15 is 0 Å². The predicted octanol–water partition coefficient (Wildman–Crippen LogP) is 5.50. The Hall–Kier alpha value is -4.04. The zero-order valence-electron chi connectivity index (χ0n) is 22.3. The SMILES string of the molecule is COc1ccc(CN(CCCC2CC(n3c(=O)[nH]c4ccccc43)CCN2C(=O)O)Cc2ccccc2)cc1. The molecule has 2 heterocycles. The number of hydrogen-bond donors (Lipinski definition) is 2. The summed E-state index contributed by atoms with van der Waals surface area (Å²) in [6, 6.07) is 26.1. The standard InChI is InChI=1S/C31H36N4O4/c1-39-27-15-13-24(14-16-27)22-33(21-23-8-3-2-4-9-23)18-7-10-25-20-26(17-19-34(25)31(37)38)35-29-12-6-5-11-28(29)32-30(35)36/h2-6,8-9,11-16,25-26H,7,10,17-22H2,1H3,(H,32,36)(H,37,38). The summed E-state index contributed by atoms with van der Waals surface area (Å²) >= 11 is 0. The number of aromatic nitrogens is 2. The topological polar surface area (TPSA) is 90.8 Å². The molecule has 1 aromatic heterocycles. The van der Waals surface area contributed by atoms with Crippen molar-refractivity contribution in [1.29, 1.82) is 0 Å². The third-order valence-electron chi connectivity index (χ3n) is 7.75. The Kier molecular flexibility index (Phi) is 8.32. The number of carboxylic acid groups (broad SMARTS) is 1. The second kappa shape index (κ2) is 12.2. The zero-order chi connectivity index (χ0) is 27.2. The average molecular weight is 529 g/mol. The van der Waals surface area contributed by atoms with Crippen molar-refractivity contribution < 1.29 is 14.6 Å². The number of ether oxygens (including phenoxy) is 1. The molecule has 204 valence electrons. The fourth-order valence-corrected chi connectivity index (χ4v) is 5.82. The first-order chi connectivity index (χ1) is 19.0. The van der Waals surface area contributed by atoms with Crippen LogP contribution in [0.4, 0.5) is 4.79 Å². The number of rotatable bonds is 10. The number of benzene rings is 3. The molecule has 3 aromatic carbocycles. The molecule has 4 aromatic rings. The monoisotopic (exact) mass is 528 g/mol. The highest BCUT2D eigenvalue weighted by Crippen LogP contribution is 2.31. The maximum atomic E-state index is 12.8. The summed E-state index contributed by atoms with van der Waals surface area (Å²) in [5, 5.41) is 9.92. The molecule has 2 N–H and O–H groups in total. The number of para-hydroxylation sites is 2. The lowest BCUT2D eigenvalue weighted by Gasteiger charge is -2.38. The molecule has 8 nitrogen and oxygen atoms in total. The van der Waals surface area contributed by atoms with Crippen molar-refractivity contribution in [1.82, 2.24) is 19.4 Å². The van der Waals surface area contributed by atoms with Crippen molar-refractivity contribution >= 4 is 17.1 Å². The Bertz CT molecular complexity index is 1430. The second-order valence-corrected chi connectivity index (χ2v) is 10.3. The molecule has 1 aliphatic rings. The Morgan fingerprint density at radius 2 is 1.69 bits per heavy atom. The molecule has 39 heavy (non-hydrogen) atoms. The van der Waals surface area contributed by atoms with Crippen LogP contribution in [0.1, 0.15) is 42.9 Å². The van der Waals surface area contributed by atoms with Gasteiger partial charge >= 0.3 is 11.8 Å². The lowest BCUT2D eigenvalue weighted by Crippen LogP contribution is -2.47. The van der Waals surface area contributed by atoms with E-state index in [1.54, 1.807) is 12.0 Å². The number of hydrogen-bond acceptors (Lipinski definition) is 4. The number of amides is 1. The highest BCUT2D eigenvalue weighted by Gasteiger charge is 2.33. The van der Waals surface area contributed by atoms with Crippen LogP contribution in [-0.2, 0) is 13.1 Å². The summed E-state index contributed by atoms with van der Waals surface area (Å²) < 4.78 is 7.13. The van der Waals surface area contributed by atoms with Gasteiger partial charge in [-0.25, -0.2) is 9.59 Å². The van der Waals surface area contributed by atoms with Crippen LogP contribution in [0.2, 0.25) is 0 Å². The van der Waals surface area contributed by atoms with Crippen molar-refractivity contribution in [3.63, 3.8) is 0 Å². The minimum Gasteiger partial charge on any atom is -0.497 e. The molecule has 2 atom stereocenters. The molecule has 5 rings (SSSR count). The fourth-order valence-electron chi connectivity index (χ4n) is 5.82. The molecule has 1 saturated heterocycles. The molecule has 2 unspecified atom stereocenters. The van der Waals surface area contributed by atoms with Crippen LogP contribution >= 0.6 is 0 Å². The summed E-state index contributed by atoms with van der Waals surface area (Å²) in [6.45, 7) is 2.87. The van der Waals surface area contributed by atoms with Gasteiger partial charge in [0.2, 0.25) is 0 Å². The highest BCUT2D eigenvalue weighted by atomic mass is 16.5. The maximum Gasteiger partial charge on any atom is 0.407 e. The minimum atomic E-state index is -0.885. The van der Waals surface area contributed by atoms with Crippen molar-refractivity contribution in [3.8, 4) is 5.75 Å². The first kappa shape index (κ1) is 26.6. The predicted molar refractivity (Wildman–Crippen MR) is 152 cm³/mol. The lowest BCUT2D eigenvalue weighted by molar-refractivity contribution is 0.0853. The van der Waals surface area contributed by atoms with Gasteiger partial charge in [0.1, 0.15) is 5.75 Å². The Balaban J connectivity index is 1.28.